The molecular weight excluding hydrogens is 321 g/mol. The van der Waals surface area contributed by atoms with Gasteiger partial charge in [-0.2, -0.15) is 0 Å². The van der Waals surface area contributed by atoms with Crippen LogP contribution in [0.3, 0.4) is 0 Å². The summed E-state index contributed by atoms with van der Waals surface area (Å²) in [6.07, 6.45) is 0. The molecule has 18 heavy (non-hydrogen) atoms. The summed E-state index contributed by atoms with van der Waals surface area (Å²) in [7, 11) is -1.40. The highest BCUT2D eigenvalue weighted by Gasteiger charge is 2.11. The van der Waals surface area contributed by atoms with Crippen molar-refractivity contribution >= 4 is 57.2 Å². The average Bonchev–Trinajstić information content (AvgIpc) is 2.26. The van der Waals surface area contributed by atoms with Gasteiger partial charge in [-0.1, -0.05) is 34.8 Å². The first kappa shape index (κ1) is 15.7. The topological polar surface area (TPSA) is 66.4 Å². The van der Waals surface area contributed by atoms with Gasteiger partial charge in [-0.3, -0.25) is 9.00 Å². The highest BCUT2D eigenvalue weighted by molar-refractivity contribution is 7.85. The van der Waals surface area contributed by atoms with Crippen molar-refractivity contribution in [3.63, 3.8) is 0 Å². The maximum Gasteiger partial charge on any atom is 0.237 e. The number of aliphatic hydroxyl groups excluding tert-OH is 1. The molecule has 0 heterocycles. The number of nitrogens with one attached hydrogen (secondary N) is 1. The van der Waals surface area contributed by atoms with Crippen LogP contribution >= 0.6 is 34.8 Å². The minimum Gasteiger partial charge on any atom is -0.395 e. The Bertz CT molecular complexity index is 482. The number of amides is 1. The van der Waals surface area contributed by atoms with Crippen LogP contribution in [0.15, 0.2) is 12.1 Å². The minimum absolute atomic E-state index is 0.0581. The van der Waals surface area contributed by atoms with E-state index in [9.17, 15) is 9.00 Å². The van der Waals surface area contributed by atoms with Crippen LogP contribution in [0.1, 0.15) is 0 Å². The highest BCUT2D eigenvalue weighted by atomic mass is 35.5. The van der Waals surface area contributed by atoms with Crippen LogP contribution in [0, 0.1) is 0 Å². The Morgan fingerprint density at radius 1 is 1.22 bits per heavy atom. The zero-order valence-electron chi connectivity index (χ0n) is 9.08. The Kier molecular flexibility index (Phi) is 6.38. The van der Waals surface area contributed by atoms with Crippen LogP contribution in [0.2, 0.25) is 15.1 Å². The molecule has 0 fully saturated rings. The van der Waals surface area contributed by atoms with Crippen molar-refractivity contribution in [1.82, 2.24) is 0 Å². The molecule has 1 rings (SSSR count). The van der Waals surface area contributed by atoms with Crippen molar-refractivity contribution in [2.45, 2.75) is 0 Å². The number of carbonyl (C=O) groups is 1. The van der Waals surface area contributed by atoms with Gasteiger partial charge >= 0.3 is 0 Å². The van der Waals surface area contributed by atoms with Gasteiger partial charge in [0.15, 0.2) is 0 Å². The molecule has 1 unspecified atom stereocenters. The van der Waals surface area contributed by atoms with Crippen LogP contribution in [0.4, 0.5) is 5.69 Å². The summed E-state index contributed by atoms with van der Waals surface area (Å²) < 4.78 is 11.3. The van der Waals surface area contributed by atoms with E-state index >= 15 is 0 Å². The fourth-order valence-corrected chi connectivity index (χ4v) is 2.43. The Balaban J connectivity index is 2.70. The van der Waals surface area contributed by atoms with Gasteiger partial charge in [0, 0.05) is 16.6 Å². The molecule has 0 saturated heterocycles. The molecule has 0 spiro atoms. The standard InChI is InChI=1S/C10H10Cl3NO3S/c11-6-3-8(13)9(4-7(6)12)14-10(16)5-18(17)2-1-15/h3-4,15H,1-2,5H2,(H,14,16). The van der Waals surface area contributed by atoms with Gasteiger partial charge in [0.1, 0.15) is 5.75 Å². The Hall–Kier alpha value is -0.330. The quantitative estimate of drug-likeness (QED) is 0.814. The summed E-state index contributed by atoms with van der Waals surface area (Å²) in [5.74, 6) is -0.623. The number of aliphatic hydroxyl groups is 1. The largest absolute Gasteiger partial charge is 0.395 e. The zero-order chi connectivity index (χ0) is 13.7. The third-order valence-corrected chi connectivity index (χ3v) is 4.15. The first-order valence-electron chi connectivity index (χ1n) is 4.84. The molecule has 0 radical (unpaired) electrons. The molecule has 0 saturated carbocycles. The predicted molar refractivity (Wildman–Crippen MR) is 75.1 cm³/mol. The van der Waals surface area contributed by atoms with Crippen molar-refractivity contribution in [1.29, 1.82) is 0 Å². The van der Waals surface area contributed by atoms with Crippen molar-refractivity contribution in [2.24, 2.45) is 0 Å². The van der Waals surface area contributed by atoms with E-state index in [1.54, 1.807) is 0 Å². The number of halogens is 3. The highest BCUT2D eigenvalue weighted by Crippen LogP contribution is 2.32. The van der Waals surface area contributed by atoms with Crippen LogP contribution in [0.25, 0.3) is 0 Å². The summed E-state index contributed by atoms with van der Waals surface area (Å²) in [6.45, 7) is -0.229. The van der Waals surface area contributed by atoms with Crippen molar-refractivity contribution < 1.29 is 14.1 Å². The van der Waals surface area contributed by atoms with E-state index in [2.05, 4.69) is 5.32 Å². The van der Waals surface area contributed by atoms with E-state index in [1.807, 2.05) is 0 Å². The lowest BCUT2D eigenvalue weighted by Crippen LogP contribution is -2.21. The number of hydrogen-bond donors (Lipinski definition) is 2. The second-order valence-electron chi connectivity index (χ2n) is 3.31. The lowest BCUT2D eigenvalue weighted by atomic mass is 10.3. The number of rotatable bonds is 5. The molecule has 8 heteroatoms. The molecule has 1 atom stereocenters. The minimum atomic E-state index is -1.40. The second kappa shape index (κ2) is 7.31. The van der Waals surface area contributed by atoms with Crippen LogP contribution in [-0.2, 0) is 15.6 Å². The summed E-state index contributed by atoms with van der Waals surface area (Å²) >= 11 is 17.4. The molecule has 1 amide bonds. The zero-order valence-corrected chi connectivity index (χ0v) is 12.2. The summed E-state index contributed by atoms with van der Waals surface area (Å²) in [5, 5.41) is 11.8. The van der Waals surface area contributed by atoms with E-state index in [1.165, 1.54) is 12.1 Å². The molecule has 0 aliphatic heterocycles. The van der Waals surface area contributed by atoms with Crippen molar-refractivity contribution in [3.05, 3.63) is 27.2 Å². The summed E-state index contributed by atoms with van der Waals surface area (Å²) in [4.78, 5) is 11.5. The lowest BCUT2D eigenvalue weighted by Gasteiger charge is -2.08. The van der Waals surface area contributed by atoms with E-state index in [0.717, 1.165) is 0 Å². The maximum atomic E-state index is 11.5. The van der Waals surface area contributed by atoms with Crippen molar-refractivity contribution in [3.8, 4) is 0 Å². The summed E-state index contributed by atoms with van der Waals surface area (Å²) in [5.41, 5.74) is 0.303. The Morgan fingerprint density at radius 2 is 1.83 bits per heavy atom. The van der Waals surface area contributed by atoms with Crippen LogP contribution < -0.4 is 5.32 Å². The molecule has 0 aromatic heterocycles. The van der Waals surface area contributed by atoms with Gasteiger partial charge in [0.2, 0.25) is 5.91 Å². The van der Waals surface area contributed by atoms with E-state index < -0.39 is 16.7 Å². The lowest BCUT2D eigenvalue weighted by molar-refractivity contribution is -0.113. The van der Waals surface area contributed by atoms with Gasteiger partial charge in [-0.15, -0.1) is 0 Å². The number of anilines is 1. The predicted octanol–water partition coefficient (Wildman–Crippen LogP) is 2.33. The van der Waals surface area contributed by atoms with Gasteiger partial charge in [-0.25, -0.2) is 0 Å². The fraction of sp³-hybridized carbons (Fsp3) is 0.300. The molecule has 0 aliphatic rings. The Morgan fingerprint density at radius 3 is 2.44 bits per heavy atom. The first-order chi connectivity index (χ1) is 8.43. The smallest absolute Gasteiger partial charge is 0.237 e. The van der Waals surface area contributed by atoms with Gasteiger partial charge < -0.3 is 10.4 Å². The number of benzene rings is 1. The molecule has 1 aromatic carbocycles. The van der Waals surface area contributed by atoms with Crippen molar-refractivity contribution in [2.75, 3.05) is 23.4 Å². The number of carbonyl (C=O) groups excluding carboxylic acids is 1. The first-order valence-corrected chi connectivity index (χ1v) is 7.46. The maximum absolute atomic E-state index is 11.5. The van der Waals surface area contributed by atoms with Gasteiger partial charge in [-0.05, 0) is 12.1 Å². The SMILES string of the molecule is O=C(CS(=O)CCO)Nc1cc(Cl)c(Cl)cc1Cl. The number of hydrogen-bond acceptors (Lipinski definition) is 3. The van der Waals surface area contributed by atoms with E-state index in [4.69, 9.17) is 39.9 Å². The normalized spacial score (nSPS) is 12.2. The monoisotopic (exact) mass is 329 g/mol. The molecule has 0 aliphatic carbocycles. The molecule has 100 valence electrons. The average molecular weight is 331 g/mol. The Labute approximate surface area is 122 Å². The molecule has 0 bridgehead atoms. The third-order valence-electron chi connectivity index (χ3n) is 1.90. The molecule has 2 N–H and O–H groups in total. The molecule has 4 nitrogen and oxygen atoms in total. The van der Waals surface area contributed by atoms with Gasteiger partial charge in [0.05, 0.1) is 27.4 Å². The third kappa shape index (κ3) is 4.74. The molecule has 1 aromatic rings. The van der Waals surface area contributed by atoms with Gasteiger partial charge in [0.25, 0.3) is 0 Å². The van der Waals surface area contributed by atoms with Crippen LogP contribution in [0.5, 0.6) is 0 Å². The second-order valence-corrected chi connectivity index (χ2v) is 6.10. The summed E-state index contributed by atoms with van der Waals surface area (Å²) in [6, 6.07) is 2.82. The van der Waals surface area contributed by atoms with E-state index in [-0.39, 0.29) is 33.2 Å². The fourth-order valence-electron chi connectivity index (χ4n) is 1.12. The van der Waals surface area contributed by atoms with E-state index in [0.29, 0.717) is 5.69 Å². The molecular formula is C10H10Cl3NO3S. The van der Waals surface area contributed by atoms with Crippen LogP contribution in [-0.4, -0.2) is 33.3 Å².